The van der Waals surface area contributed by atoms with Crippen molar-refractivity contribution < 1.29 is 24.1 Å². The Labute approximate surface area is 180 Å². The molecule has 1 aromatic rings. The van der Waals surface area contributed by atoms with Crippen molar-refractivity contribution in [1.82, 2.24) is 4.90 Å². The van der Waals surface area contributed by atoms with Crippen LogP contribution in [-0.2, 0) is 4.74 Å². The number of hydrogen-bond donors (Lipinski definition) is 2. The predicted octanol–water partition coefficient (Wildman–Crippen LogP) is 3.54. The van der Waals surface area contributed by atoms with Gasteiger partial charge in [-0.05, 0) is 67.7 Å². The van der Waals surface area contributed by atoms with Gasteiger partial charge >= 0.3 is 0 Å². The maximum absolute atomic E-state index is 13.5. The lowest BCUT2D eigenvalue weighted by atomic mass is 9.68. The Hall–Kier alpha value is -1.21. The molecule has 0 radical (unpaired) electrons. The molecule has 2 aliphatic rings. The van der Waals surface area contributed by atoms with Crippen LogP contribution in [0.4, 0.5) is 4.39 Å². The smallest absolute Gasteiger partial charge is 0.134 e. The van der Waals surface area contributed by atoms with Gasteiger partial charge in [0.05, 0.1) is 18.8 Å². The summed E-state index contributed by atoms with van der Waals surface area (Å²) in [4.78, 5) is 2.10. The Morgan fingerprint density at radius 1 is 1.20 bits per heavy atom. The zero-order valence-electron chi connectivity index (χ0n) is 18.9. The van der Waals surface area contributed by atoms with Gasteiger partial charge in [0.15, 0.2) is 0 Å². The second-order valence-corrected chi connectivity index (χ2v) is 10.6. The molecular weight excluding hydrogens is 385 g/mol. The number of rotatable bonds is 5. The fraction of sp³-hybridized carbons (Fsp3) is 0.750. The quantitative estimate of drug-likeness (QED) is 0.759. The first kappa shape index (κ1) is 23.5. The topological polar surface area (TPSA) is 62.2 Å². The van der Waals surface area contributed by atoms with Gasteiger partial charge in [-0.15, -0.1) is 0 Å². The van der Waals surface area contributed by atoms with E-state index in [0.717, 1.165) is 25.7 Å². The van der Waals surface area contributed by atoms with Gasteiger partial charge < -0.3 is 19.7 Å². The lowest BCUT2D eigenvalue weighted by molar-refractivity contribution is -0.0807. The van der Waals surface area contributed by atoms with Crippen molar-refractivity contribution in [3.63, 3.8) is 0 Å². The van der Waals surface area contributed by atoms with Gasteiger partial charge in [0, 0.05) is 19.6 Å². The summed E-state index contributed by atoms with van der Waals surface area (Å²) in [6, 6.07) is 4.57. The Bertz CT molecular complexity index is 712. The highest BCUT2D eigenvalue weighted by molar-refractivity contribution is 5.28. The fourth-order valence-corrected chi connectivity index (χ4v) is 4.74. The van der Waals surface area contributed by atoms with E-state index in [0.29, 0.717) is 43.5 Å². The minimum absolute atomic E-state index is 0.0547. The number of aryl methyl sites for hydroxylation is 1. The van der Waals surface area contributed by atoms with Gasteiger partial charge in [-0.1, -0.05) is 20.8 Å². The molecule has 1 heterocycles. The zero-order valence-corrected chi connectivity index (χ0v) is 18.9. The van der Waals surface area contributed by atoms with Gasteiger partial charge in [-0.25, -0.2) is 4.39 Å². The number of halogens is 1. The molecule has 2 N–H and O–H groups in total. The van der Waals surface area contributed by atoms with Crippen LogP contribution >= 0.6 is 0 Å². The highest BCUT2D eigenvalue weighted by Crippen LogP contribution is 2.41. The summed E-state index contributed by atoms with van der Waals surface area (Å²) >= 11 is 0. The van der Waals surface area contributed by atoms with E-state index in [4.69, 9.17) is 9.47 Å². The summed E-state index contributed by atoms with van der Waals surface area (Å²) in [5, 5.41) is 22.3. The van der Waals surface area contributed by atoms with Crippen LogP contribution in [0.3, 0.4) is 0 Å². The number of hydrogen-bond acceptors (Lipinski definition) is 5. The summed E-state index contributed by atoms with van der Waals surface area (Å²) < 4.78 is 24.9. The van der Waals surface area contributed by atoms with E-state index in [1.165, 1.54) is 6.07 Å². The molecule has 2 fully saturated rings. The number of β-amino-alcohol motifs (C(OH)–C–C–N with tert-alkyl or cyclic N) is 2. The van der Waals surface area contributed by atoms with Crippen LogP contribution in [-0.4, -0.2) is 65.8 Å². The van der Waals surface area contributed by atoms with E-state index in [9.17, 15) is 14.6 Å². The third-order valence-corrected chi connectivity index (χ3v) is 6.74. The molecule has 3 rings (SSSR count). The maximum atomic E-state index is 13.5. The minimum Gasteiger partial charge on any atom is -0.490 e. The first-order chi connectivity index (χ1) is 14.0. The lowest BCUT2D eigenvalue weighted by Gasteiger charge is -2.43. The summed E-state index contributed by atoms with van der Waals surface area (Å²) in [6.45, 7) is 10.8. The monoisotopic (exact) mass is 423 g/mol. The molecule has 1 aliphatic heterocycles. The van der Waals surface area contributed by atoms with E-state index in [1.54, 1.807) is 19.1 Å². The van der Waals surface area contributed by atoms with Crippen molar-refractivity contribution in [2.45, 2.75) is 64.6 Å². The molecule has 0 bridgehead atoms. The second kappa shape index (κ2) is 9.11. The average Bonchev–Trinajstić information content (AvgIpc) is 2.83. The molecule has 0 aromatic heterocycles. The third kappa shape index (κ3) is 6.16. The third-order valence-electron chi connectivity index (χ3n) is 6.74. The Morgan fingerprint density at radius 2 is 1.90 bits per heavy atom. The fourth-order valence-electron chi connectivity index (χ4n) is 4.74. The molecule has 0 amide bonds. The van der Waals surface area contributed by atoms with Crippen molar-refractivity contribution in [3.8, 4) is 5.75 Å². The summed E-state index contributed by atoms with van der Waals surface area (Å²) in [5.74, 6) is 0.881. The van der Waals surface area contributed by atoms with Crippen molar-refractivity contribution >= 4 is 0 Å². The minimum atomic E-state index is -1.18. The van der Waals surface area contributed by atoms with Gasteiger partial charge in [-0.3, -0.25) is 4.90 Å². The Kier molecular flexibility index (Phi) is 7.12. The maximum Gasteiger partial charge on any atom is 0.134 e. The zero-order chi connectivity index (χ0) is 22.0. The SMILES string of the molecule is Cc1cc(OCC2(O)COCCN(CC3(O)CCC(C(C)(C)C)CC3)C2)ccc1F. The highest BCUT2D eigenvalue weighted by Gasteiger charge is 2.41. The van der Waals surface area contributed by atoms with E-state index in [1.807, 2.05) is 0 Å². The first-order valence-electron chi connectivity index (χ1n) is 11.1. The molecule has 1 saturated carbocycles. The van der Waals surface area contributed by atoms with Crippen LogP contribution in [0.2, 0.25) is 0 Å². The lowest BCUT2D eigenvalue weighted by Crippen LogP contribution is -2.53. The van der Waals surface area contributed by atoms with E-state index < -0.39 is 11.2 Å². The number of benzene rings is 1. The van der Waals surface area contributed by atoms with Crippen LogP contribution in [0, 0.1) is 24.1 Å². The summed E-state index contributed by atoms with van der Waals surface area (Å²) in [7, 11) is 0. The summed E-state index contributed by atoms with van der Waals surface area (Å²) in [6.07, 6.45) is 3.63. The molecule has 1 aliphatic carbocycles. The molecule has 170 valence electrons. The molecule has 1 atom stereocenters. The standard InChI is InChI=1S/C24H38FNO4/c1-18-13-20(5-6-21(18)25)30-17-24(28)15-26(11-12-29-16-24)14-23(27)9-7-19(8-10-23)22(2,3)4/h5-6,13,19,27-28H,7-12,14-17H2,1-4H3. The average molecular weight is 424 g/mol. The first-order valence-corrected chi connectivity index (χ1v) is 11.1. The van der Waals surface area contributed by atoms with E-state index >= 15 is 0 Å². The summed E-state index contributed by atoms with van der Waals surface area (Å²) in [5.41, 5.74) is -1.13. The molecule has 30 heavy (non-hydrogen) atoms. The predicted molar refractivity (Wildman–Crippen MR) is 115 cm³/mol. The van der Waals surface area contributed by atoms with E-state index in [2.05, 4.69) is 25.7 Å². The Balaban J connectivity index is 1.58. The van der Waals surface area contributed by atoms with Crippen molar-refractivity contribution in [2.24, 2.45) is 11.3 Å². The van der Waals surface area contributed by atoms with Crippen molar-refractivity contribution in [2.75, 3.05) is 39.5 Å². The van der Waals surface area contributed by atoms with Crippen LogP contribution < -0.4 is 4.74 Å². The normalized spacial score (nSPS) is 31.4. The molecule has 1 saturated heterocycles. The molecule has 0 spiro atoms. The van der Waals surface area contributed by atoms with Crippen LogP contribution in [0.1, 0.15) is 52.0 Å². The Morgan fingerprint density at radius 3 is 2.53 bits per heavy atom. The molecule has 1 aromatic carbocycles. The highest BCUT2D eigenvalue weighted by atomic mass is 19.1. The van der Waals surface area contributed by atoms with Crippen molar-refractivity contribution in [1.29, 1.82) is 0 Å². The largest absolute Gasteiger partial charge is 0.490 e. The van der Waals surface area contributed by atoms with Gasteiger partial charge in [-0.2, -0.15) is 0 Å². The molecule has 6 heteroatoms. The molecular formula is C24H38FNO4. The van der Waals surface area contributed by atoms with Gasteiger partial charge in [0.25, 0.3) is 0 Å². The van der Waals surface area contributed by atoms with Crippen LogP contribution in [0.25, 0.3) is 0 Å². The number of nitrogens with zero attached hydrogens (tertiary/aromatic N) is 1. The van der Waals surface area contributed by atoms with Crippen LogP contribution in [0.5, 0.6) is 5.75 Å². The molecule has 5 nitrogen and oxygen atoms in total. The van der Waals surface area contributed by atoms with Gasteiger partial charge in [0.1, 0.15) is 23.8 Å². The second-order valence-electron chi connectivity index (χ2n) is 10.6. The van der Waals surface area contributed by atoms with Gasteiger partial charge in [0.2, 0.25) is 0 Å². The van der Waals surface area contributed by atoms with Crippen LogP contribution in [0.15, 0.2) is 18.2 Å². The number of ether oxygens (including phenoxy) is 2. The van der Waals surface area contributed by atoms with Crippen molar-refractivity contribution in [3.05, 3.63) is 29.6 Å². The number of aliphatic hydroxyl groups is 2. The van der Waals surface area contributed by atoms with E-state index in [-0.39, 0.29) is 24.4 Å². The molecule has 1 unspecified atom stereocenters.